The number of hydrogen-bond donors (Lipinski definition) is 1. The third-order valence-corrected chi connectivity index (χ3v) is 3.10. The first-order chi connectivity index (χ1) is 9.81. The molecule has 7 heteroatoms. The van der Waals surface area contributed by atoms with Gasteiger partial charge in [0, 0.05) is 0 Å². The number of anilines is 1. The number of nitrogens with one attached hydrogen (secondary N) is 1. The summed E-state index contributed by atoms with van der Waals surface area (Å²) in [6.07, 6.45) is -3.59. The molecule has 1 unspecified atom stereocenters. The SMILES string of the molecule is CCCC(Nc1c(Cl)cccc1C(F)(F)F)C(=O)OCC. The van der Waals surface area contributed by atoms with Gasteiger partial charge in [-0.2, -0.15) is 13.2 Å². The van der Waals surface area contributed by atoms with Gasteiger partial charge in [0.2, 0.25) is 0 Å². The van der Waals surface area contributed by atoms with Crippen molar-refractivity contribution in [3.8, 4) is 0 Å². The molecule has 0 spiro atoms. The molecule has 1 atom stereocenters. The van der Waals surface area contributed by atoms with Crippen LogP contribution in [0.25, 0.3) is 0 Å². The summed E-state index contributed by atoms with van der Waals surface area (Å²) in [5.74, 6) is -0.590. The Hall–Kier alpha value is -1.43. The minimum atomic E-state index is -4.56. The highest BCUT2D eigenvalue weighted by Crippen LogP contribution is 2.39. The van der Waals surface area contributed by atoms with E-state index in [-0.39, 0.29) is 17.3 Å². The number of alkyl halides is 3. The normalized spacial score (nSPS) is 12.9. The van der Waals surface area contributed by atoms with Crippen LogP contribution in [0.5, 0.6) is 0 Å². The standard InChI is InChI=1S/C14H17ClF3NO2/c1-3-6-11(13(20)21-4-2)19-12-9(14(16,17)18)7-5-8-10(12)15/h5,7-8,11,19H,3-4,6H2,1-2H3. The van der Waals surface area contributed by atoms with Gasteiger partial charge in [0.05, 0.1) is 22.9 Å². The van der Waals surface area contributed by atoms with Crippen LogP contribution in [0, 0.1) is 0 Å². The van der Waals surface area contributed by atoms with Gasteiger partial charge >= 0.3 is 12.1 Å². The minimum absolute atomic E-state index is 0.0878. The van der Waals surface area contributed by atoms with Gasteiger partial charge in [0.15, 0.2) is 0 Å². The van der Waals surface area contributed by atoms with E-state index >= 15 is 0 Å². The molecule has 21 heavy (non-hydrogen) atoms. The molecule has 0 aromatic heterocycles. The fourth-order valence-electron chi connectivity index (χ4n) is 1.86. The smallest absolute Gasteiger partial charge is 0.418 e. The highest BCUT2D eigenvalue weighted by atomic mass is 35.5. The number of esters is 1. The first-order valence-electron chi connectivity index (χ1n) is 6.60. The van der Waals surface area contributed by atoms with E-state index < -0.39 is 23.8 Å². The average molecular weight is 324 g/mol. The Morgan fingerprint density at radius 2 is 2.05 bits per heavy atom. The van der Waals surface area contributed by atoms with Crippen molar-refractivity contribution in [1.82, 2.24) is 0 Å². The van der Waals surface area contributed by atoms with E-state index in [1.807, 2.05) is 6.92 Å². The van der Waals surface area contributed by atoms with Gasteiger partial charge in [-0.25, -0.2) is 4.79 Å². The van der Waals surface area contributed by atoms with Gasteiger partial charge < -0.3 is 10.1 Å². The summed E-state index contributed by atoms with van der Waals surface area (Å²) in [7, 11) is 0. The maximum atomic E-state index is 13.0. The lowest BCUT2D eigenvalue weighted by atomic mass is 10.1. The quantitative estimate of drug-likeness (QED) is 0.783. The third-order valence-electron chi connectivity index (χ3n) is 2.79. The molecular formula is C14H17ClF3NO2. The molecule has 1 aromatic carbocycles. The zero-order valence-corrected chi connectivity index (χ0v) is 12.5. The molecule has 0 bridgehead atoms. The second-order valence-electron chi connectivity index (χ2n) is 4.40. The van der Waals surface area contributed by atoms with Crippen LogP contribution >= 0.6 is 11.6 Å². The molecule has 0 aliphatic rings. The van der Waals surface area contributed by atoms with E-state index in [9.17, 15) is 18.0 Å². The van der Waals surface area contributed by atoms with Crippen molar-refractivity contribution in [1.29, 1.82) is 0 Å². The molecule has 3 nitrogen and oxygen atoms in total. The molecule has 1 rings (SSSR count). The van der Waals surface area contributed by atoms with Crippen molar-refractivity contribution in [2.24, 2.45) is 0 Å². The van der Waals surface area contributed by atoms with Crippen molar-refractivity contribution >= 4 is 23.3 Å². The molecule has 0 aliphatic heterocycles. The summed E-state index contributed by atoms with van der Waals surface area (Å²) in [4.78, 5) is 11.8. The first-order valence-corrected chi connectivity index (χ1v) is 6.97. The molecule has 1 aromatic rings. The van der Waals surface area contributed by atoms with Crippen LogP contribution in [0.2, 0.25) is 5.02 Å². The van der Waals surface area contributed by atoms with Gasteiger partial charge in [-0.3, -0.25) is 0 Å². The second kappa shape index (κ2) is 7.54. The maximum Gasteiger partial charge on any atom is 0.418 e. The van der Waals surface area contributed by atoms with Crippen LogP contribution in [0.15, 0.2) is 18.2 Å². The molecule has 0 saturated carbocycles. The molecule has 0 amide bonds. The van der Waals surface area contributed by atoms with Gasteiger partial charge in [-0.05, 0) is 25.5 Å². The number of ether oxygens (including phenoxy) is 1. The molecule has 0 saturated heterocycles. The summed E-state index contributed by atoms with van der Waals surface area (Å²) >= 11 is 5.85. The summed E-state index contributed by atoms with van der Waals surface area (Å²) in [5, 5.41) is 2.49. The van der Waals surface area contributed by atoms with Crippen LogP contribution in [0.4, 0.5) is 18.9 Å². The van der Waals surface area contributed by atoms with Crippen LogP contribution in [0.1, 0.15) is 32.3 Å². The van der Waals surface area contributed by atoms with Crippen molar-refractivity contribution in [3.05, 3.63) is 28.8 Å². The summed E-state index contributed by atoms with van der Waals surface area (Å²) in [5.41, 5.74) is -1.20. The topological polar surface area (TPSA) is 38.3 Å². The Bertz CT molecular complexity index is 492. The first kappa shape index (κ1) is 17.6. The summed E-state index contributed by atoms with van der Waals surface area (Å²) < 4.78 is 43.9. The number of hydrogen-bond acceptors (Lipinski definition) is 3. The number of carbonyl (C=O) groups is 1. The van der Waals surface area contributed by atoms with Crippen molar-refractivity contribution < 1.29 is 22.7 Å². The fourth-order valence-corrected chi connectivity index (χ4v) is 2.09. The molecule has 1 N–H and O–H groups in total. The van der Waals surface area contributed by atoms with Gasteiger partial charge in [0.25, 0.3) is 0 Å². The predicted molar refractivity (Wildman–Crippen MR) is 75.4 cm³/mol. The number of carbonyl (C=O) groups excluding carboxylic acids is 1. The molecule has 118 valence electrons. The highest BCUT2D eigenvalue weighted by Gasteiger charge is 2.35. The van der Waals surface area contributed by atoms with E-state index in [1.165, 1.54) is 12.1 Å². The van der Waals surface area contributed by atoms with Gasteiger partial charge in [-0.1, -0.05) is 31.0 Å². The lowest BCUT2D eigenvalue weighted by molar-refractivity contribution is -0.144. The van der Waals surface area contributed by atoms with E-state index in [4.69, 9.17) is 16.3 Å². The minimum Gasteiger partial charge on any atom is -0.464 e. The number of benzene rings is 1. The van der Waals surface area contributed by atoms with E-state index in [0.717, 1.165) is 6.07 Å². The molecular weight excluding hydrogens is 307 g/mol. The average Bonchev–Trinajstić information content (AvgIpc) is 2.39. The zero-order valence-electron chi connectivity index (χ0n) is 11.8. The fraction of sp³-hybridized carbons (Fsp3) is 0.500. The molecule has 0 aliphatic carbocycles. The monoisotopic (exact) mass is 323 g/mol. The molecule has 0 heterocycles. The van der Waals surface area contributed by atoms with Crippen molar-refractivity contribution in [2.75, 3.05) is 11.9 Å². The van der Waals surface area contributed by atoms with E-state index in [1.54, 1.807) is 6.92 Å². The van der Waals surface area contributed by atoms with Gasteiger partial charge in [0.1, 0.15) is 6.04 Å². The summed E-state index contributed by atoms with van der Waals surface area (Å²) in [6, 6.07) is 2.61. The molecule has 0 fully saturated rings. The summed E-state index contributed by atoms with van der Waals surface area (Å²) in [6.45, 7) is 3.62. The largest absolute Gasteiger partial charge is 0.464 e. The van der Waals surface area contributed by atoms with Crippen LogP contribution in [-0.2, 0) is 15.7 Å². The molecule has 0 radical (unpaired) electrons. The van der Waals surface area contributed by atoms with Crippen LogP contribution in [0.3, 0.4) is 0 Å². The number of rotatable bonds is 6. The Labute approximate surface area is 126 Å². The van der Waals surface area contributed by atoms with Crippen LogP contribution in [-0.4, -0.2) is 18.6 Å². The number of halogens is 4. The van der Waals surface area contributed by atoms with Crippen molar-refractivity contribution in [3.63, 3.8) is 0 Å². The number of para-hydroxylation sites is 1. The lowest BCUT2D eigenvalue weighted by Crippen LogP contribution is -2.32. The Morgan fingerprint density at radius 3 is 2.57 bits per heavy atom. The highest BCUT2D eigenvalue weighted by molar-refractivity contribution is 6.33. The Morgan fingerprint density at radius 1 is 1.38 bits per heavy atom. The second-order valence-corrected chi connectivity index (χ2v) is 4.81. The van der Waals surface area contributed by atoms with E-state index in [2.05, 4.69) is 5.32 Å². The van der Waals surface area contributed by atoms with E-state index in [0.29, 0.717) is 12.8 Å². The van der Waals surface area contributed by atoms with Crippen LogP contribution < -0.4 is 5.32 Å². The lowest BCUT2D eigenvalue weighted by Gasteiger charge is -2.21. The third kappa shape index (κ3) is 4.81. The van der Waals surface area contributed by atoms with Crippen molar-refractivity contribution in [2.45, 2.75) is 38.9 Å². The predicted octanol–water partition coefficient (Wildman–Crippen LogP) is 4.50. The Balaban J connectivity index is 3.11. The zero-order chi connectivity index (χ0) is 16.0. The maximum absolute atomic E-state index is 13.0. The van der Waals surface area contributed by atoms with Gasteiger partial charge in [-0.15, -0.1) is 0 Å². The Kier molecular flexibility index (Phi) is 6.33.